The minimum Gasteiger partial charge on any atom is -0.309 e. The molecule has 0 aliphatic carbocycles. The standard InChI is InChI=1S/C15H26N2/c1-4-11-16-15(10-7-8-13(2)3)14-9-5-6-12-17-14/h5-6,9,12-13,15-16H,4,7-8,10-11H2,1-3H3. The van der Waals surface area contributed by atoms with Crippen molar-refractivity contribution < 1.29 is 0 Å². The second-order valence-corrected chi connectivity index (χ2v) is 5.09. The predicted octanol–water partition coefficient (Wildman–Crippen LogP) is 3.95. The highest BCUT2D eigenvalue weighted by atomic mass is 14.9. The third-order valence-electron chi connectivity index (χ3n) is 2.96. The first-order valence-electron chi connectivity index (χ1n) is 6.88. The van der Waals surface area contributed by atoms with Gasteiger partial charge in [-0.2, -0.15) is 0 Å². The molecule has 2 nitrogen and oxygen atoms in total. The van der Waals surface area contributed by atoms with E-state index in [2.05, 4.69) is 43.2 Å². The van der Waals surface area contributed by atoms with Gasteiger partial charge in [0.2, 0.25) is 0 Å². The third kappa shape index (κ3) is 5.83. The fourth-order valence-corrected chi connectivity index (χ4v) is 1.99. The number of pyridine rings is 1. The van der Waals surface area contributed by atoms with E-state index in [1.165, 1.54) is 31.4 Å². The lowest BCUT2D eigenvalue weighted by molar-refractivity contribution is 0.441. The van der Waals surface area contributed by atoms with Crippen LogP contribution in [0.5, 0.6) is 0 Å². The molecule has 96 valence electrons. The highest BCUT2D eigenvalue weighted by molar-refractivity contribution is 5.08. The minimum atomic E-state index is 0.426. The van der Waals surface area contributed by atoms with Crippen LogP contribution in [0.15, 0.2) is 24.4 Å². The molecule has 0 aromatic carbocycles. The number of hydrogen-bond acceptors (Lipinski definition) is 2. The van der Waals surface area contributed by atoms with Crippen molar-refractivity contribution in [1.29, 1.82) is 0 Å². The quantitative estimate of drug-likeness (QED) is 0.736. The average Bonchev–Trinajstić information content (AvgIpc) is 2.34. The van der Waals surface area contributed by atoms with Crippen LogP contribution in [0.3, 0.4) is 0 Å². The Hall–Kier alpha value is -0.890. The average molecular weight is 234 g/mol. The molecule has 17 heavy (non-hydrogen) atoms. The van der Waals surface area contributed by atoms with Crippen molar-refractivity contribution >= 4 is 0 Å². The van der Waals surface area contributed by atoms with Gasteiger partial charge < -0.3 is 5.32 Å². The van der Waals surface area contributed by atoms with E-state index in [1.807, 2.05) is 12.3 Å². The molecule has 1 aromatic heterocycles. The monoisotopic (exact) mass is 234 g/mol. The lowest BCUT2D eigenvalue weighted by atomic mass is 10.0. The third-order valence-corrected chi connectivity index (χ3v) is 2.96. The van der Waals surface area contributed by atoms with Crippen molar-refractivity contribution in [1.82, 2.24) is 10.3 Å². The molecule has 2 heteroatoms. The van der Waals surface area contributed by atoms with Gasteiger partial charge in [0, 0.05) is 12.2 Å². The highest BCUT2D eigenvalue weighted by Crippen LogP contribution is 2.19. The van der Waals surface area contributed by atoms with E-state index in [9.17, 15) is 0 Å². The maximum absolute atomic E-state index is 4.47. The van der Waals surface area contributed by atoms with Gasteiger partial charge in [-0.15, -0.1) is 0 Å². The summed E-state index contributed by atoms with van der Waals surface area (Å²) >= 11 is 0. The molecule has 1 unspecified atom stereocenters. The van der Waals surface area contributed by atoms with E-state index < -0.39 is 0 Å². The fraction of sp³-hybridized carbons (Fsp3) is 0.667. The summed E-state index contributed by atoms with van der Waals surface area (Å²) in [6.45, 7) is 7.85. The van der Waals surface area contributed by atoms with E-state index in [0.29, 0.717) is 6.04 Å². The summed E-state index contributed by atoms with van der Waals surface area (Å²) in [5, 5.41) is 3.60. The first kappa shape index (κ1) is 14.2. The molecule has 1 atom stereocenters. The van der Waals surface area contributed by atoms with Gasteiger partial charge in [0.05, 0.1) is 5.69 Å². The van der Waals surface area contributed by atoms with Crippen molar-refractivity contribution in [3.05, 3.63) is 30.1 Å². The Kier molecular flexibility index (Phi) is 6.87. The molecule has 0 aliphatic rings. The molecular weight excluding hydrogens is 208 g/mol. The number of hydrogen-bond donors (Lipinski definition) is 1. The van der Waals surface area contributed by atoms with Crippen LogP contribution in [0.2, 0.25) is 0 Å². The van der Waals surface area contributed by atoms with Gasteiger partial charge >= 0.3 is 0 Å². The zero-order valence-corrected chi connectivity index (χ0v) is 11.4. The SMILES string of the molecule is CCCNC(CCCC(C)C)c1ccccn1. The lowest BCUT2D eigenvalue weighted by Crippen LogP contribution is -2.23. The van der Waals surface area contributed by atoms with Crippen LogP contribution < -0.4 is 5.32 Å². The largest absolute Gasteiger partial charge is 0.309 e. The van der Waals surface area contributed by atoms with Crippen molar-refractivity contribution in [2.45, 2.75) is 52.5 Å². The van der Waals surface area contributed by atoms with E-state index in [-0.39, 0.29) is 0 Å². The van der Waals surface area contributed by atoms with Crippen molar-refractivity contribution in [3.63, 3.8) is 0 Å². The molecule has 1 heterocycles. The van der Waals surface area contributed by atoms with Crippen LogP contribution in [0, 0.1) is 5.92 Å². The van der Waals surface area contributed by atoms with Crippen LogP contribution in [0.4, 0.5) is 0 Å². The highest BCUT2D eigenvalue weighted by Gasteiger charge is 2.11. The van der Waals surface area contributed by atoms with Crippen LogP contribution in [0.1, 0.15) is 58.2 Å². The molecule has 0 saturated carbocycles. The zero-order chi connectivity index (χ0) is 12.5. The zero-order valence-electron chi connectivity index (χ0n) is 11.4. The predicted molar refractivity (Wildman–Crippen MR) is 74.0 cm³/mol. The van der Waals surface area contributed by atoms with E-state index in [1.54, 1.807) is 0 Å². The first-order chi connectivity index (χ1) is 8.24. The maximum Gasteiger partial charge on any atom is 0.0573 e. The Bertz CT molecular complexity index is 282. The summed E-state index contributed by atoms with van der Waals surface area (Å²) in [4.78, 5) is 4.47. The second kappa shape index (κ2) is 8.24. The molecule has 0 saturated heterocycles. The Balaban J connectivity index is 2.48. The maximum atomic E-state index is 4.47. The molecule has 0 aliphatic heterocycles. The molecule has 0 amide bonds. The first-order valence-corrected chi connectivity index (χ1v) is 6.88. The number of nitrogens with zero attached hydrogens (tertiary/aromatic N) is 1. The van der Waals surface area contributed by atoms with E-state index in [4.69, 9.17) is 0 Å². The smallest absolute Gasteiger partial charge is 0.0573 e. The Labute approximate surface area is 106 Å². The topological polar surface area (TPSA) is 24.9 Å². The van der Waals surface area contributed by atoms with E-state index >= 15 is 0 Å². The normalized spacial score (nSPS) is 12.9. The van der Waals surface area contributed by atoms with Gasteiger partial charge in [-0.05, 0) is 37.4 Å². The van der Waals surface area contributed by atoms with Gasteiger partial charge in [0.25, 0.3) is 0 Å². The van der Waals surface area contributed by atoms with Crippen molar-refractivity contribution in [2.24, 2.45) is 5.92 Å². The van der Waals surface area contributed by atoms with Gasteiger partial charge in [-0.25, -0.2) is 0 Å². The summed E-state index contributed by atoms with van der Waals surface area (Å²) in [5.74, 6) is 0.797. The summed E-state index contributed by atoms with van der Waals surface area (Å²) in [6.07, 6.45) is 6.83. The lowest BCUT2D eigenvalue weighted by Gasteiger charge is -2.18. The Morgan fingerprint density at radius 2 is 2.06 bits per heavy atom. The summed E-state index contributed by atoms with van der Waals surface area (Å²) in [6, 6.07) is 6.61. The molecule has 0 fully saturated rings. The van der Waals surface area contributed by atoms with Crippen molar-refractivity contribution in [3.8, 4) is 0 Å². The number of rotatable bonds is 8. The molecule has 0 bridgehead atoms. The van der Waals surface area contributed by atoms with Crippen LogP contribution in [0.25, 0.3) is 0 Å². The Morgan fingerprint density at radius 1 is 1.24 bits per heavy atom. The van der Waals surface area contributed by atoms with Crippen LogP contribution in [-0.2, 0) is 0 Å². The summed E-state index contributed by atoms with van der Waals surface area (Å²) in [7, 11) is 0. The van der Waals surface area contributed by atoms with Gasteiger partial charge in [0.1, 0.15) is 0 Å². The fourth-order valence-electron chi connectivity index (χ4n) is 1.99. The van der Waals surface area contributed by atoms with Crippen molar-refractivity contribution in [2.75, 3.05) is 6.54 Å². The second-order valence-electron chi connectivity index (χ2n) is 5.09. The van der Waals surface area contributed by atoms with Crippen LogP contribution in [-0.4, -0.2) is 11.5 Å². The van der Waals surface area contributed by atoms with Crippen LogP contribution >= 0.6 is 0 Å². The molecule has 0 spiro atoms. The summed E-state index contributed by atoms with van der Waals surface area (Å²) < 4.78 is 0. The Morgan fingerprint density at radius 3 is 2.65 bits per heavy atom. The molecular formula is C15H26N2. The van der Waals surface area contributed by atoms with Gasteiger partial charge in [-0.1, -0.05) is 39.7 Å². The summed E-state index contributed by atoms with van der Waals surface area (Å²) in [5.41, 5.74) is 1.18. The minimum absolute atomic E-state index is 0.426. The molecule has 1 aromatic rings. The molecule has 1 rings (SSSR count). The van der Waals surface area contributed by atoms with Gasteiger partial charge in [0.15, 0.2) is 0 Å². The molecule has 0 radical (unpaired) electrons. The number of aromatic nitrogens is 1. The number of nitrogens with one attached hydrogen (secondary N) is 1. The van der Waals surface area contributed by atoms with Gasteiger partial charge in [-0.3, -0.25) is 4.98 Å². The van der Waals surface area contributed by atoms with E-state index in [0.717, 1.165) is 12.5 Å². The molecule has 1 N–H and O–H groups in total.